The lowest BCUT2D eigenvalue weighted by Gasteiger charge is -2.08. The molecule has 0 fully saturated rings. The van der Waals surface area contributed by atoms with Gasteiger partial charge in [-0.3, -0.25) is 14.4 Å². The molecule has 1 heterocycles. The van der Waals surface area contributed by atoms with Gasteiger partial charge in [-0.2, -0.15) is 0 Å². The van der Waals surface area contributed by atoms with Crippen LogP contribution in [0, 0.1) is 6.92 Å². The van der Waals surface area contributed by atoms with Gasteiger partial charge in [0, 0.05) is 32.2 Å². The first-order valence-electron chi connectivity index (χ1n) is 10.0. The Morgan fingerprint density at radius 2 is 1.57 bits per heavy atom. The van der Waals surface area contributed by atoms with Gasteiger partial charge in [0.2, 0.25) is 5.91 Å². The molecule has 2 aromatic carbocycles. The number of ketones is 2. The second-order valence-corrected chi connectivity index (χ2v) is 8.23. The van der Waals surface area contributed by atoms with Crippen LogP contribution in [-0.2, 0) is 16.1 Å². The predicted octanol–water partition coefficient (Wildman–Crippen LogP) is 5.35. The third-order valence-corrected chi connectivity index (χ3v) is 5.74. The molecule has 3 rings (SSSR count). The Morgan fingerprint density at radius 1 is 0.833 bits per heavy atom. The summed E-state index contributed by atoms with van der Waals surface area (Å²) in [6, 6.07) is 19.9. The van der Waals surface area contributed by atoms with Gasteiger partial charge in [0.1, 0.15) is 5.78 Å². The number of thiophene rings is 1. The Balaban J connectivity index is 1.42. The number of nitrogens with one attached hydrogen (secondary N) is 1. The molecule has 0 bridgehead atoms. The van der Waals surface area contributed by atoms with E-state index in [4.69, 9.17) is 0 Å². The third-order valence-electron chi connectivity index (χ3n) is 4.83. The molecule has 0 atom stereocenters. The van der Waals surface area contributed by atoms with Crippen LogP contribution >= 0.6 is 11.3 Å². The number of hydrogen-bond donors (Lipinski definition) is 1. The minimum atomic E-state index is -0.158. The van der Waals surface area contributed by atoms with E-state index in [1.165, 1.54) is 16.9 Å². The number of carbonyl (C=O) groups excluding carboxylic acids is 3. The minimum absolute atomic E-state index is 0.0173. The van der Waals surface area contributed by atoms with E-state index >= 15 is 0 Å². The molecule has 154 valence electrons. The standard InChI is InChI=1S/C25H25NO3S/c1-18-5-2-7-20(15-18)21-8-3-6-19(16-21)17-26-25(29)13-11-22(27)10-12-23(28)24-9-4-14-30-24/h2-9,14-16H,10-13,17H2,1H3,(H,26,29). The van der Waals surface area contributed by atoms with E-state index in [0.717, 1.165) is 16.7 Å². The number of carbonyl (C=O) groups is 3. The van der Waals surface area contributed by atoms with E-state index in [9.17, 15) is 14.4 Å². The fraction of sp³-hybridized carbons (Fsp3) is 0.240. The van der Waals surface area contributed by atoms with E-state index in [0.29, 0.717) is 11.4 Å². The third kappa shape index (κ3) is 6.49. The molecular formula is C25H25NO3S. The van der Waals surface area contributed by atoms with Gasteiger partial charge < -0.3 is 5.32 Å². The number of rotatable bonds is 10. The van der Waals surface area contributed by atoms with Gasteiger partial charge in [0.25, 0.3) is 0 Å². The van der Waals surface area contributed by atoms with Crippen molar-refractivity contribution in [2.24, 2.45) is 0 Å². The van der Waals surface area contributed by atoms with Crippen molar-refractivity contribution in [2.75, 3.05) is 0 Å². The quantitative estimate of drug-likeness (QED) is 0.451. The smallest absolute Gasteiger partial charge is 0.220 e. The van der Waals surface area contributed by atoms with Gasteiger partial charge >= 0.3 is 0 Å². The Labute approximate surface area is 181 Å². The van der Waals surface area contributed by atoms with Crippen LogP contribution in [0.1, 0.15) is 46.5 Å². The second-order valence-electron chi connectivity index (χ2n) is 7.29. The van der Waals surface area contributed by atoms with Crippen molar-refractivity contribution in [3.05, 3.63) is 82.0 Å². The van der Waals surface area contributed by atoms with Gasteiger partial charge in [-0.25, -0.2) is 0 Å². The monoisotopic (exact) mass is 419 g/mol. The number of benzene rings is 2. The average molecular weight is 420 g/mol. The highest BCUT2D eigenvalue weighted by atomic mass is 32.1. The van der Waals surface area contributed by atoms with Gasteiger partial charge in [-0.05, 0) is 41.1 Å². The molecule has 0 radical (unpaired) electrons. The van der Waals surface area contributed by atoms with E-state index in [1.54, 1.807) is 6.07 Å². The molecule has 1 amide bonds. The Bertz CT molecular complexity index is 1020. The highest BCUT2D eigenvalue weighted by Gasteiger charge is 2.12. The first kappa shape index (κ1) is 21.7. The molecule has 0 aliphatic carbocycles. The molecule has 5 heteroatoms. The summed E-state index contributed by atoms with van der Waals surface area (Å²) >= 11 is 1.38. The summed E-state index contributed by atoms with van der Waals surface area (Å²) in [4.78, 5) is 36.7. The molecule has 0 unspecified atom stereocenters. The highest BCUT2D eigenvalue weighted by molar-refractivity contribution is 7.12. The lowest BCUT2D eigenvalue weighted by atomic mass is 10.0. The van der Waals surface area contributed by atoms with Gasteiger partial charge in [0.05, 0.1) is 4.88 Å². The fourth-order valence-electron chi connectivity index (χ4n) is 3.17. The zero-order chi connectivity index (χ0) is 21.3. The Morgan fingerprint density at radius 3 is 2.30 bits per heavy atom. The maximum absolute atomic E-state index is 12.1. The van der Waals surface area contributed by atoms with Gasteiger partial charge in [-0.1, -0.05) is 54.1 Å². The first-order valence-corrected chi connectivity index (χ1v) is 10.9. The summed E-state index contributed by atoms with van der Waals surface area (Å²) < 4.78 is 0. The zero-order valence-electron chi connectivity index (χ0n) is 17.0. The van der Waals surface area contributed by atoms with Crippen LogP contribution in [0.25, 0.3) is 11.1 Å². The van der Waals surface area contributed by atoms with Crippen LogP contribution in [0.3, 0.4) is 0 Å². The minimum Gasteiger partial charge on any atom is -0.352 e. The summed E-state index contributed by atoms with van der Waals surface area (Å²) in [5, 5.41) is 4.72. The molecule has 0 spiro atoms. The summed E-state index contributed by atoms with van der Waals surface area (Å²) in [6.45, 7) is 2.48. The number of Topliss-reactive ketones (excluding diaryl/α,β-unsaturated/α-hetero) is 2. The first-order chi connectivity index (χ1) is 14.5. The van der Waals surface area contributed by atoms with Crippen molar-refractivity contribution < 1.29 is 14.4 Å². The zero-order valence-corrected chi connectivity index (χ0v) is 17.8. The van der Waals surface area contributed by atoms with Crippen LogP contribution in [0.2, 0.25) is 0 Å². The van der Waals surface area contributed by atoms with Gasteiger partial charge in [0.15, 0.2) is 5.78 Å². The molecule has 0 aliphatic heterocycles. The summed E-state index contributed by atoms with van der Waals surface area (Å²) in [5.41, 5.74) is 4.46. The summed E-state index contributed by atoms with van der Waals surface area (Å²) in [6.07, 6.45) is 0.686. The topological polar surface area (TPSA) is 63.2 Å². The fourth-order valence-corrected chi connectivity index (χ4v) is 3.86. The molecular weight excluding hydrogens is 394 g/mol. The normalized spacial score (nSPS) is 10.6. The van der Waals surface area contributed by atoms with Crippen LogP contribution in [0.15, 0.2) is 66.0 Å². The lowest BCUT2D eigenvalue weighted by Crippen LogP contribution is -2.23. The molecule has 3 aromatic rings. The lowest BCUT2D eigenvalue weighted by molar-refractivity contribution is -0.125. The van der Waals surface area contributed by atoms with E-state index in [1.807, 2.05) is 29.6 Å². The largest absolute Gasteiger partial charge is 0.352 e. The Hall–Kier alpha value is -3.05. The molecule has 1 N–H and O–H groups in total. The van der Waals surface area contributed by atoms with Gasteiger partial charge in [-0.15, -0.1) is 11.3 Å². The van der Waals surface area contributed by atoms with Crippen LogP contribution < -0.4 is 5.32 Å². The SMILES string of the molecule is Cc1cccc(-c2cccc(CNC(=O)CCC(=O)CCC(=O)c3cccs3)c2)c1. The highest BCUT2D eigenvalue weighted by Crippen LogP contribution is 2.21. The van der Waals surface area contributed by atoms with Crippen LogP contribution in [0.4, 0.5) is 0 Å². The van der Waals surface area contributed by atoms with Crippen molar-refractivity contribution in [1.29, 1.82) is 0 Å². The van der Waals surface area contributed by atoms with Crippen LogP contribution in [-0.4, -0.2) is 17.5 Å². The Kier molecular flexibility index (Phi) is 7.69. The van der Waals surface area contributed by atoms with E-state index in [-0.39, 0.29) is 43.2 Å². The van der Waals surface area contributed by atoms with Crippen LogP contribution in [0.5, 0.6) is 0 Å². The maximum atomic E-state index is 12.1. The summed E-state index contributed by atoms with van der Waals surface area (Å²) in [7, 11) is 0. The summed E-state index contributed by atoms with van der Waals surface area (Å²) in [5.74, 6) is -0.235. The number of aryl methyl sites for hydroxylation is 1. The van der Waals surface area contributed by atoms with Crippen molar-refractivity contribution in [1.82, 2.24) is 5.32 Å². The number of hydrogen-bond acceptors (Lipinski definition) is 4. The number of amides is 1. The van der Waals surface area contributed by atoms with Crippen molar-refractivity contribution >= 4 is 28.8 Å². The predicted molar refractivity (Wildman–Crippen MR) is 121 cm³/mol. The molecule has 30 heavy (non-hydrogen) atoms. The molecule has 4 nitrogen and oxygen atoms in total. The molecule has 1 aromatic heterocycles. The van der Waals surface area contributed by atoms with Crippen molar-refractivity contribution in [3.63, 3.8) is 0 Å². The van der Waals surface area contributed by atoms with Crippen molar-refractivity contribution in [2.45, 2.75) is 39.2 Å². The molecule has 0 saturated carbocycles. The maximum Gasteiger partial charge on any atom is 0.220 e. The molecule has 0 aliphatic rings. The second kappa shape index (κ2) is 10.6. The van der Waals surface area contributed by atoms with E-state index < -0.39 is 0 Å². The van der Waals surface area contributed by atoms with E-state index in [2.05, 4.69) is 42.6 Å². The average Bonchev–Trinajstić information content (AvgIpc) is 3.30. The molecule has 0 saturated heterocycles. The van der Waals surface area contributed by atoms with Crippen molar-refractivity contribution in [3.8, 4) is 11.1 Å².